The van der Waals surface area contributed by atoms with E-state index in [2.05, 4.69) is 96.5 Å². The standard InChI is InChI=1S/C28H30N2/c1-20-12-13-21(2)25(18-20)22-14-16-30(17-15-22)19-26-24-10-6-7-11-27(24)29-28(26)23-8-4-3-5-9-23/h3-13,18,22,29H,14-17,19H2,1-2H3. The number of benzene rings is 3. The van der Waals surface area contributed by atoms with Crippen molar-refractivity contribution in [3.05, 3.63) is 95.1 Å². The van der Waals surface area contributed by atoms with Crippen LogP contribution < -0.4 is 0 Å². The van der Waals surface area contributed by atoms with E-state index < -0.39 is 0 Å². The van der Waals surface area contributed by atoms with Crippen LogP contribution in [0.1, 0.15) is 41.0 Å². The molecule has 0 saturated carbocycles. The summed E-state index contributed by atoms with van der Waals surface area (Å²) in [6.07, 6.45) is 2.49. The van der Waals surface area contributed by atoms with E-state index in [0.717, 1.165) is 19.6 Å². The molecule has 1 aliphatic heterocycles. The molecule has 1 saturated heterocycles. The average Bonchev–Trinajstić information content (AvgIpc) is 3.15. The summed E-state index contributed by atoms with van der Waals surface area (Å²) in [5.74, 6) is 0.692. The fourth-order valence-corrected chi connectivity index (χ4v) is 5.04. The zero-order valence-corrected chi connectivity index (χ0v) is 18.0. The number of rotatable bonds is 4. The summed E-state index contributed by atoms with van der Waals surface area (Å²) in [6, 6.07) is 26.4. The molecule has 5 rings (SSSR count). The number of aromatic nitrogens is 1. The molecule has 1 aliphatic rings. The molecule has 30 heavy (non-hydrogen) atoms. The molecule has 0 radical (unpaired) electrons. The quantitative estimate of drug-likeness (QED) is 0.402. The molecule has 1 aromatic heterocycles. The van der Waals surface area contributed by atoms with E-state index in [0.29, 0.717) is 5.92 Å². The number of piperidine rings is 1. The fraction of sp³-hybridized carbons (Fsp3) is 0.286. The molecule has 0 aliphatic carbocycles. The number of hydrogen-bond acceptors (Lipinski definition) is 1. The Morgan fingerprint density at radius 3 is 2.40 bits per heavy atom. The van der Waals surface area contributed by atoms with Crippen molar-refractivity contribution in [1.29, 1.82) is 0 Å². The number of para-hydroxylation sites is 1. The number of nitrogens with one attached hydrogen (secondary N) is 1. The first-order chi connectivity index (χ1) is 14.7. The number of fused-ring (bicyclic) bond motifs is 1. The smallest absolute Gasteiger partial charge is 0.0510 e. The first-order valence-electron chi connectivity index (χ1n) is 11.1. The summed E-state index contributed by atoms with van der Waals surface area (Å²) in [6.45, 7) is 7.80. The lowest BCUT2D eigenvalue weighted by Gasteiger charge is -2.33. The van der Waals surface area contributed by atoms with Crippen molar-refractivity contribution in [3.63, 3.8) is 0 Å². The van der Waals surface area contributed by atoms with Gasteiger partial charge in [0.1, 0.15) is 0 Å². The minimum atomic E-state index is 0.692. The largest absolute Gasteiger partial charge is 0.354 e. The van der Waals surface area contributed by atoms with Gasteiger partial charge in [0.2, 0.25) is 0 Å². The van der Waals surface area contributed by atoms with Gasteiger partial charge in [0, 0.05) is 17.4 Å². The van der Waals surface area contributed by atoms with Gasteiger partial charge in [-0.25, -0.2) is 0 Å². The van der Waals surface area contributed by atoms with Crippen LogP contribution in [0, 0.1) is 13.8 Å². The Kier molecular flexibility index (Phi) is 5.18. The number of nitrogens with zero attached hydrogens (tertiary/aromatic N) is 1. The Hall–Kier alpha value is -2.84. The van der Waals surface area contributed by atoms with Gasteiger partial charge in [-0.2, -0.15) is 0 Å². The molecular formula is C28H30N2. The van der Waals surface area contributed by atoms with Crippen LogP contribution in [0.15, 0.2) is 72.8 Å². The van der Waals surface area contributed by atoms with E-state index in [1.54, 1.807) is 5.56 Å². The van der Waals surface area contributed by atoms with Gasteiger partial charge in [-0.3, -0.25) is 4.90 Å². The SMILES string of the molecule is Cc1ccc(C)c(C2CCN(Cc3c(-c4ccccc4)[nH]c4ccccc34)CC2)c1. The zero-order chi connectivity index (χ0) is 20.5. The maximum Gasteiger partial charge on any atom is 0.0510 e. The van der Waals surface area contributed by atoms with Crippen molar-refractivity contribution in [3.8, 4) is 11.3 Å². The van der Waals surface area contributed by atoms with Crippen molar-refractivity contribution in [2.24, 2.45) is 0 Å². The van der Waals surface area contributed by atoms with Gasteiger partial charge in [0.05, 0.1) is 5.69 Å². The summed E-state index contributed by atoms with van der Waals surface area (Å²) in [7, 11) is 0. The third-order valence-corrected chi connectivity index (χ3v) is 6.72. The van der Waals surface area contributed by atoms with Crippen molar-refractivity contribution >= 4 is 10.9 Å². The number of likely N-dealkylation sites (tertiary alicyclic amines) is 1. The van der Waals surface area contributed by atoms with Gasteiger partial charge in [-0.1, -0.05) is 72.3 Å². The van der Waals surface area contributed by atoms with Crippen LogP contribution in [0.5, 0.6) is 0 Å². The number of aromatic amines is 1. The minimum Gasteiger partial charge on any atom is -0.354 e. The van der Waals surface area contributed by atoms with Crippen molar-refractivity contribution < 1.29 is 0 Å². The van der Waals surface area contributed by atoms with E-state index in [9.17, 15) is 0 Å². The van der Waals surface area contributed by atoms with Gasteiger partial charge in [0.25, 0.3) is 0 Å². The second-order valence-electron chi connectivity index (χ2n) is 8.80. The molecule has 0 bridgehead atoms. The maximum absolute atomic E-state index is 3.69. The number of hydrogen-bond donors (Lipinski definition) is 1. The Bertz CT molecular complexity index is 1150. The van der Waals surface area contributed by atoms with E-state index in [1.165, 1.54) is 51.7 Å². The lowest BCUT2D eigenvalue weighted by Crippen LogP contribution is -2.32. The van der Waals surface area contributed by atoms with Crippen LogP contribution in [0.3, 0.4) is 0 Å². The molecule has 1 N–H and O–H groups in total. The van der Waals surface area contributed by atoms with Crippen LogP contribution in [-0.4, -0.2) is 23.0 Å². The molecule has 1 fully saturated rings. The lowest BCUT2D eigenvalue weighted by molar-refractivity contribution is 0.205. The molecule has 0 atom stereocenters. The molecule has 0 spiro atoms. The van der Waals surface area contributed by atoms with Crippen LogP contribution in [0.2, 0.25) is 0 Å². The van der Waals surface area contributed by atoms with E-state index in [-0.39, 0.29) is 0 Å². The predicted molar refractivity (Wildman–Crippen MR) is 127 cm³/mol. The molecule has 2 heteroatoms. The van der Waals surface area contributed by atoms with Crippen molar-refractivity contribution in [1.82, 2.24) is 9.88 Å². The number of aryl methyl sites for hydroxylation is 2. The third-order valence-electron chi connectivity index (χ3n) is 6.72. The van der Waals surface area contributed by atoms with Gasteiger partial charge >= 0.3 is 0 Å². The average molecular weight is 395 g/mol. The highest BCUT2D eigenvalue weighted by atomic mass is 15.1. The van der Waals surface area contributed by atoms with Gasteiger partial charge in [-0.05, 0) is 74.0 Å². The molecule has 0 unspecified atom stereocenters. The van der Waals surface area contributed by atoms with Gasteiger partial charge in [0.15, 0.2) is 0 Å². The van der Waals surface area contributed by atoms with Crippen LogP contribution >= 0.6 is 0 Å². The van der Waals surface area contributed by atoms with E-state index >= 15 is 0 Å². The Morgan fingerprint density at radius 1 is 0.867 bits per heavy atom. The highest BCUT2D eigenvalue weighted by Gasteiger charge is 2.24. The predicted octanol–water partition coefficient (Wildman–Crippen LogP) is 6.83. The second-order valence-corrected chi connectivity index (χ2v) is 8.80. The molecule has 152 valence electrons. The maximum atomic E-state index is 3.69. The highest BCUT2D eigenvalue weighted by molar-refractivity contribution is 5.90. The summed E-state index contributed by atoms with van der Waals surface area (Å²) < 4.78 is 0. The van der Waals surface area contributed by atoms with E-state index in [1.807, 2.05) is 0 Å². The second kappa shape index (κ2) is 8.12. The molecule has 4 aromatic rings. The summed E-state index contributed by atoms with van der Waals surface area (Å²) in [4.78, 5) is 6.33. The Morgan fingerprint density at radius 2 is 1.60 bits per heavy atom. The third kappa shape index (κ3) is 3.68. The van der Waals surface area contributed by atoms with Crippen LogP contribution in [-0.2, 0) is 6.54 Å². The molecule has 2 heterocycles. The van der Waals surface area contributed by atoms with Crippen molar-refractivity contribution in [2.45, 2.75) is 39.2 Å². The Labute approximate surface area is 179 Å². The van der Waals surface area contributed by atoms with Crippen LogP contribution in [0.25, 0.3) is 22.2 Å². The number of H-pyrrole nitrogens is 1. The first kappa shape index (κ1) is 19.1. The van der Waals surface area contributed by atoms with Crippen LogP contribution in [0.4, 0.5) is 0 Å². The van der Waals surface area contributed by atoms with Crippen molar-refractivity contribution in [2.75, 3.05) is 13.1 Å². The monoisotopic (exact) mass is 394 g/mol. The molecule has 0 amide bonds. The normalized spacial score (nSPS) is 15.7. The lowest BCUT2D eigenvalue weighted by atomic mass is 9.86. The van der Waals surface area contributed by atoms with E-state index in [4.69, 9.17) is 0 Å². The topological polar surface area (TPSA) is 19.0 Å². The first-order valence-corrected chi connectivity index (χ1v) is 11.1. The minimum absolute atomic E-state index is 0.692. The van der Waals surface area contributed by atoms with Gasteiger partial charge in [-0.15, -0.1) is 0 Å². The highest BCUT2D eigenvalue weighted by Crippen LogP contribution is 2.35. The fourth-order valence-electron chi connectivity index (χ4n) is 5.04. The Balaban J connectivity index is 1.39. The molecular weight excluding hydrogens is 364 g/mol. The zero-order valence-electron chi connectivity index (χ0n) is 18.0. The molecule has 3 aromatic carbocycles. The van der Waals surface area contributed by atoms with Gasteiger partial charge < -0.3 is 4.98 Å². The summed E-state index contributed by atoms with van der Waals surface area (Å²) >= 11 is 0. The summed E-state index contributed by atoms with van der Waals surface area (Å²) in [5, 5.41) is 1.35. The molecule has 2 nitrogen and oxygen atoms in total. The summed E-state index contributed by atoms with van der Waals surface area (Å²) in [5.41, 5.74) is 9.60.